The minimum absolute atomic E-state index is 1.19. The topological polar surface area (TPSA) is 0 Å². The molecule has 0 heteroatoms. The van der Waals surface area contributed by atoms with E-state index in [0.29, 0.717) is 0 Å². The molecule has 0 unspecified atom stereocenters. The largest absolute Gasteiger partial charge is 0.0850 e. The van der Waals surface area contributed by atoms with Gasteiger partial charge in [0.25, 0.3) is 0 Å². The molecule has 0 spiro atoms. The molecule has 0 aliphatic heterocycles. The minimum Gasteiger partial charge on any atom is -0.0850 e. The number of benzene rings is 1. The lowest BCUT2D eigenvalue weighted by Crippen LogP contribution is -2.05. The van der Waals surface area contributed by atoms with Crippen LogP contribution in [0.1, 0.15) is 43.7 Å². The third kappa shape index (κ3) is 2.71. The molecule has 0 bridgehead atoms. The van der Waals surface area contributed by atoms with Crippen LogP contribution in [-0.4, -0.2) is 0 Å². The average Bonchev–Trinajstić information content (AvgIpc) is 2.29. The third-order valence-electron chi connectivity index (χ3n) is 3.24. The van der Waals surface area contributed by atoms with Gasteiger partial charge in [-0.05, 0) is 36.8 Å². The molecule has 0 heterocycles. The second-order valence-corrected chi connectivity index (χ2v) is 4.45. The summed E-state index contributed by atoms with van der Waals surface area (Å²) >= 11 is 0. The summed E-state index contributed by atoms with van der Waals surface area (Å²) in [4.78, 5) is 0. The van der Waals surface area contributed by atoms with E-state index in [-0.39, 0.29) is 0 Å². The molecule has 2 rings (SSSR count). The SMILES string of the molecule is CCCCC=C1CCc2ccccc2C1. The molecule has 0 atom stereocenters. The molecule has 0 aromatic heterocycles. The van der Waals surface area contributed by atoms with Gasteiger partial charge in [0.15, 0.2) is 0 Å². The zero-order valence-corrected chi connectivity index (χ0v) is 9.63. The van der Waals surface area contributed by atoms with Gasteiger partial charge in [-0.15, -0.1) is 0 Å². The summed E-state index contributed by atoms with van der Waals surface area (Å²) in [5.74, 6) is 0. The van der Waals surface area contributed by atoms with Crippen molar-refractivity contribution in [2.75, 3.05) is 0 Å². The van der Waals surface area contributed by atoms with Gasteiger partial charge in [-0.2, -0.15) is 0 Å². The normalized spacial score (nSPS) is 17.8. The second kappa shape index (κ2) is 5.16. The van der Waals surface area contributed by atoms with Gasteiger partial charge in [-0.1, -0.05) is 55.7 Å². The first kappa shape index (κ1) is 10.5. The van der Waals surface area contributed by atoms with Crippen LogP contribution in [0.4, 0.5) is 0 Å². The van der Waals surface area contributed by atoms with Gasteiger partial charge in [0.05, 0.1) is 0 Å². The van der Waals surface area contributed by atoms with Gasteiger partial charge in [-0.25, -0.2) is 0 Å². The minimum atomic E-state index is 1.19. The standard InChI is InChI=1S/C15H20/c1-2-3-4-7-13-10-11-14-8-5-6-9-15(14)12-13/h5-9H,2-4,10-12H2,1H3. The maximum Gasteiger partial charge on any atom is -0.00643 e. The predicted molar refractivity (Wildman–Crippen MR) is 66.1 cm³/mol. The molecule has 0 nitrogen and oxygen atoms in total. The van der Waals surface area contributed by atoms with Crippen LogP contribution in [0.25, 0.3) is 0 Å². The molecule has 0 saturated heterocycles. The van der Waals surface area contributed by atoms with Crippen molar-refractivity contribution >= 4 is 0 Å². The molecule has 1 aliphatic carbocycles. The van der Waals surface area contributed by atoms with Crippen LogP contribution >= 0.6 is 0 Å². The van der Waals surface area contributed by atoms with Crippen LogP contribution in [0, 0.1) is 0 Å². The summed E-state index contributed by atoms with van der Waals surface area (Å²) in [7, 11) is 0. The quantitative estimate of drug-likeness (QED) is 0.504. The molecular weight excluding hydrogens is 180 g/mol. The second-order valence-electron chi connectivity index (χ2n) is 4.45. The lowest BCUT2D eigenvalue weighted by atomic mass is 9.87. The van der Waals surface area contributed by atoms with Gasteiger partial charge < -0.3 is 0 Å². The van der Waals surface area contributed by atoms with Crippen molar-refractivity contribution in [1.82, 2.24) is 0 Å². The highest BCUT2D eigenvalue weighted by Gasteiger charge is 2.11. The van der Waals surface area contributed by atoms with Crippen molar-refractivity contribution in [3.63, 3.8) is 0 Å². The van der Waals surface area contributed by atoms with Crippen LogP contribution in [0.15, 0.2) is 35.9 Å². The van der Waals surface area contributed by atoms with Crippen molar-refractivity contribution in [3.8, 4) is 0 Å². The molecule has 1 aromatic carbocycles. The maximum atomic E-state index is 2.47. The smallest absolute Gasteiger partial charge is 0.00643 e. The van der Waals surface area contributed by atoms with E-state index >= 15 is 0 Å². The third-order valence-corrected chi connectivity index (χ3v) is 3.24. The number of hydrogen-bond donors (Lipinski definition) is 0. The van der Waals surface area contributed by atoms with E-state index in [9.17, 15) is 0 Å². The van der Waals surface area contributed by atoms with Crippen LogP contribution in [0.5, 0.6) is 0 Å². The lowest BCUT2D eigenvalue weighted by molar-refractivity contribution is 0.782. The van der Waals surface area contributed by atoms with Crippen molar-refractivity contribution in [3.05, 3.63) is 47.0 Å². The van der Waals surface area contributed by atoms with Crippen molar-refractivity contribution in [1.29, 1.82) is 0 Å². The first-order valence-electron chi connectivity index (χ1n) is 6.15. The summed E-state index contributed by atoms with van der Waals surface area (Å²) < 4.78 is 0. The number of aryl methyl sites for hydroxylation is 1. The summed E-state index contributed by atoms with van der Waals surface area (Å²) in [6.45, 7) is 2.26. The molecule has 0 radical (unpaired) electrons. The van der Waals surface area contributed by atoms with Crippen molar-refractivity contribution < 1.29 is 0 Å². The fraction of sp³-hybridized carbons (Fsp3) is 0.467. The lowest BCUT2D eigenvalue weighted by Gasteiger charge is -2.18. The Morgan fingerprint density at radius 1 is 1.13 bits per heavy atom. The first-order chi connectivity index (χ1) is 7.40. The highest BCUT2D eigenvalue weighted by Crippen LogP contribution is 2.25. The Balaban J connectivity index is 2.02. The van der Waals surface area contributed by atoms with E-state index in [1.807, 2.05) is 0 Å². The van der Waals surface area contributed by atoms with Crippen LogP contribution in [0.2, 0.25) is 0 Å². The number of unbranched alkanes of at least 4 members (excludes halogenated alkanes) is 2. The highest BCUT2D eigenvalue weighted by molar-refractivity contribution is 5.35. The molecule has 1 aliphatic rings. The molecule has 0 saturated carbocycles. The molecule has 80 valence electrons. The Labute approximate surface area is 93.0 Å². The summed E-state index contributed by atoms with van der Waals surface area (Å²) in [5, 5.41) is 0. The van der Waals surface area contributed by atoms with Crippen molar-refractivity contribution in [2.45, 2.75) is 45.4 Å². The predicted octanol–water partition coefficient (Wildman–Crippen LogP) is 4.29. The molecule has 0 N–H and O–H groups in total. The Morgan fingerprint density at radius 2 is 1.93 bits per heavy atom. The van der Waals surface area contributed by atoms with Gasteiger partial charge in [0.1, 0.15) is 0 Å². The Hall–Kier alpha value is -1.04. The van der Waals surface area contributed by atoms with E-state index in [1.165, 1.54) is 38.5 Å². The zero-order chi connectivity index (χ0) is 10.5. The van der Waals surface area contributed by atoms with E-state index in [4.69, 9.17) is 0 Å². The van der Waals surface area contributed by atoms with E-state index in [2.05, 4.69) is 37.3 Å². The molecule has 15 heavy (non-hydrogen) atoms. The van der Waals surface area contributed by atoms with E-state index in [0.717, 1.165) is 0 Å². The zero-order valence-electron chi connectivity index (χ0n) is 9.63. The summed E-state index contributed by atoms with van der Waals surface area (Å²) in [5.41, 5.74) is 4.76. The van der Waals surface area contributed by atoms with Crippen molar-refractivity contribution in [2.24, 2.45) is 0 Å². The molecule has 0 amide bonds. The molecule has 0 fully saturated rings. The summed E-state index contributed by atoms with van der Waals surface area (Å²) in [6, 6.07) is 8.87. The van der Waals surface area contributed by atoms with Crippen LogP contribution in [0.3, 0.4) is 0 Å². The number of allylic oxidation sites excluding steroid dienone is 2. The average molecular weight is 200 g/mol. The maximum absolute atomic E-state index is 2.47. The van der Waals surface area contributed by atoms with Crippen LogP contribution < -0.4 is 0 Å². The fourth-order valence-corrected chi connectivity index (χ4v) is 2.29. The van der Waals surface area contributed by atoms with Crippen LogP contribution in [-0.2, 0) is 12.8 Å². The number of rotatable bonds is 3. The summed E-state index contributed by atoms with van der Waals surface area (Å²) in [6.07, 6.45) is 10.1. The van der Waals surface area contributed by atoms with Gasteiger partial charge in [-0.3, -0.25) is 0 Å². The number of fused-ring (bicyclic) bond motifs is 1. The monoisotopic (exact) mass is 200 g/mol. The van der Waals surface area contributed by atoms with E-state index in [1.54, 1.807) is 16.7 Å². The highest BCUT2D eigenvalue weighted by atomic mass is 14.2. The van der Waals surface area contributed by atoms with Gasteiger partial charge >= 0.3 is 0 Å². The van der Waals surface area contributed by atoms with Gasteiger partial charge in [0.2, 0.25) is 0 Å². The Bertz CT molecular complexity index is 347. The van der Waals surface area contributed by atoms with E-state index < -0.39 is 0 Å². The van der Waals surface area contributed by atoms with Gasteiger partial charge in [0, 0.05) is 0 Å². The Kier molecular flexibility index (Phi) is 3.60. The Morgan fingerprint density at radius 3 is 2.73 bits per heavy atom. The molecule has 1 aromatic rings. The number of hydrogen-bond acceptors (Lipinski definition) is 0. The fourth-order valence-electron chi connectivity index (χ4n) is 2.29. The first-order valence-corrected chi connectivity index (χ1v) is 6.15. The molecular formula is C15H20.